The first-order valence-corrected chi connectivity index (χ1v) is 7.39. The van der Waals surface area contributed by atoms with Gasteiger partial charge in [-0.3, -0.25) is 14.4 Å². The van der Waals surface area contributed by atoms with E-state index < -0.39 is 42.1 Å². The highest BCUT2D eigenvalue weighted by Crippen LogP contribution is 2.32. The van der Waals surface area contributed by atoms with Crippen LogP contribution in [0.1, 0.15) is 22.3 Å². The van der Waals surface area contributed by atoms with E-state index in [1.165, 1.54) is 0 Å². The van der Waals surface area contributed by atoms with E-state index >= 15 is 0 Å². The van der Waals surface area contributed by atoms with Crippen LogP contribution in [0, 0.1) is 0 Å². The summed E-state index contributed by atoms with van der Waals surface area (Å²) in [5.41, 5.74) is 3.52. The molecular weight excluding hydrogens is 357 g/mol. The van der Waals surface area contributed by atoms with E-state index in [2.05, 4.69) is 20.4 Å². The van der Waals surface area contributed by atoms with Crippen LogP contribution in [0.5, 0.6) is 0 Å². The quantitative estimate of drug-likeness (QED) is 0.394. The Morgan fingerprint density at radius 2 is 2.08 bits per heavy atom. The van der Waals surface area contributed by atoms with Gasteiger partial charge in [0.15, 0.2) is 0 Å². The van der Waals surface area contributed by atoms with Gasteiger partial charge in [0.05, 0.1) is 36.6 Å². The van der Waals surface area contributed by atoms with Crippen molar-refractivity contribution in [2.75, 3.05) is 13.2 Å². The van der Waals surface area contributed by atoms with Crippen LogP contribution < -0.4 is 16.4 Å². The lowest BCUT2D eigenvalue weighted by Gasteiger charge is -2.12. The Kier molecular flexibility index (Phi) is 5.80. The molecule has 1 saturated heterocycles. The van der Waals surface area contributed by atoms with Crippen molar-refractivity contribution >= 4 is 29.8 Å². The van der Waals surface area contributed by atoms with Gasteiger partial charge in [0, 0.05) is 5.56 Å². The summed E-state index contributed by atoms with van der Waals surface area (Å²) in [5, 5.41) is 4.67. The van der Waals surface area contributed by atoms with Gasteiger partial charge >= 0.3 is 12.1 Å². The molecule has 1 heterocycles. The number of rotatable bonds is 5. The topological polar surface area (TPSA) is 123 Å². The number of aliphatic imine (C=N–C) groups is 1. The van der Waals surface area contributed by atoms with Crippen LogP contribution in [0.2, 0.25) is 0 Å². The minimum Gasteiger partial charge on any atom is -0.463 e. The molecule has 1 aliphatic heterocycles. The zero-order chi connectivity index (χ0) is 19.3. The van der Waals surface area contributed by atoms with Gasteiger partial charge in [0.2, 0.25) is 5.91 Å². The molecule has 2 amide bonds. The van der Waals surface area contributed by atoms with E-state index in [4.69, 9.17) is 5.73 Å². The summed E-state index contributed by atoms with van der Waals surface area (Å²) in [4.78, 5) is 38.2. The zero-order valence-electron chi connectivity index (χ0n) is 13.3. The molecular formula is C15H15F3N4O4. The standard InChI is InChI=1S/C15H15F3N4O4/c16-15(17,18)9-1-8(2-10(3-9)21-7-19)14(25)20-5-12(23)22-11-4-13(24)26-6-11/h1-3,7,11H,4-6H2,(H2,19,21)(H,20,25)(H,22,23). The van der Waals surface area contributed by atoms with E-state index in [1.54, 1.807) is 0 Å². The van der Waals surface area contributed by atoms with Gasteiger partial charge in [-0.15, -0.1) is 0 Å². The Morgan fingerprint density at radius 1 is 1.35 bits per heavy atom. The van der Waals surface area contributed by atoms with Crippen molar-refractivity contribution in [2.45, 2.75) is 18.6 Å². The minimum absolute atomic E-state index is 0.0216. The predicted molar refractivity (Wildman–Crippen MR) is 83.6 cm³/mol. The number of amides is 2. The Labute approximate surface area is 145 Å². The molecule has 0 saturated carbocycles. The lowest BCUT2D eigenvalue weighted by molar-refractivity contribution is -0.138. The molecule has 1 aliphatic rings. The summed E-state index contributed by atoms with van der Waals surface area (Å²) in [5.74, 6) is -1.94. The van der Waals surface area contributed by atoms with E-state index in [-0.39, 0.29) is 24.3 Å². The highest BCUT2D eigenvalue weighted by Gasteiger charge is 2.32. The number of nitrogens with one attached hydrogen (secondary N) is 2. The summed E-state index contributed by atoms with van der Waals surface area (Å²) < 4.78 is 43.4. The van der Waals surface area contributed by atoms with Crippen molar-refractivity contribution in [1.29, 1.82) is 0 Å². The summed E-state index contributed by atoms with van der Waals surface area (Å²) in [7, 11) is 0. The van der Waals surface area contributed by atoms with Crippen LogP contribution in [0.4, 0.5) is 18.9 Å². The fourth-order valence-electron chi connectivity index (χ4n) is 2.21. The molecule has 4 N–H and O–H groups in total. The number of ether oxygens (including phenoxy) is 1. The van der Waals surface area contributed by atoms with Crippen molar-refractivity contribution in [3.63, 3.8) is 0 Å². The zero-order valence-corrected chi connectivity index (χ0v) is 13.3. The lowest BCUT2D eigenvalue weighted by Crippen LogP contribution is -2.42. The molecule has 0 aliphatic carbocycles. The molecule has 0 spiro atoms. The van der Waals surface area contributed by atoms with Crippen LogP contribution in [-0.4, -0.2) is 43.3 Å². The lowest BCUT2D eigenvalue weighted by atomic mass is 10.1. The van der Waals surface area contributed by atoms with Crippen LogP contribution in [0.3, 0.4) is 0 Å². The highest BCUT2D eigenvalue weighted by atomic mass is 19.4. The first-order valence-electron chi connectivity index (χ1n) is 7.39. The number of hydrogen-bond acceptors (Lipinski definition) is 5. The second-order valence-electron chi connectivity index (χ2n) is 5.38. The number of carbonyl (C=O) groups is 3. The third-order valence-corrected chi connectivity index (χ3v) is 3.36. The maximum Gasteiger partial charge on any atom is 0.416 e. The van der Waals surface area contributed by atoms with Crippen molar-refractivity contribution in [3.05, 3.63) is 29.3 Å². The van der Waals surface area contributed by atoms with Crippen LogP contribution in [0.15, 0.2) is 23.2 Å². The Bertz CT molecular complexity index is 749. The normalized spacial score (nSPS) is 17.2. The molecule has 2 rings (SSSR count). The van der Waals surface area contributed by atoms with Crippen LogP contribution in [-0.2, 0) is 20.5 Å². The van der Waals surface area contributed by atoms with Gasteiger partial charge in [-0.25, -0.2) is 4.99 Å². The molecule has 1 aromatic carbocycles. The third kappa shape index (κ3) is 5.19. The average molecular weight is 372 g/mol. The largest absolute Gasteiger partial charge is 0.463 e. The van der Waals surface area contributed by atoms with Crippen molar-refractivity contribution < 1.29 is 32.3 Å². The SMILES string of the molecule is NC=Nc1cc(C(=O)NCC(=O)NC2COC(=O)C2)cc(C(F)(F)F)c1. The molecule has 1 atom stereocenters. The second kappa shape index (κ2) is 7.85. The molecule has 1 aromatic rings. The maximum atomic E-state index is 12.9. The number of hydrogen-bond donors (Lipinski definition) is 3. The number of alkyl halides is 3. The Hall–Kier alpha value is -3.11. The summed E-state index contributed by atoms with van der Waals surface area (Å²) in [6.45, 7) is -0.443. The van der Waals surface area contributed by atoms with Gasteiger partial charge in [-0.2, -0.15) is 13.2 Å². The number of cyclic esters (lactones) is 1. The summed E-state index contributed by atoms with van der Waals surface area (Å²) in [6, 6.07) is 2.00. The second-order valence-corrected chi connectivity index (χ2v) is 5.38. The molecule has 11 heteroatoms. The van der Waals surface area contributed by atoms with Crippen molar-refractivity contribution in [2.24, 2.45) is 10.7 Å². The molecule has 1 unspecified atom stereocenters. The van der Waals surface area contributed by atoms with Gasteiger partial charge in [-0.1, -0.05) is 0 Å². The first kappa shape index (κ1) is 19.2. The number of benzene rings is 1. The molecule has 1 fully saturated rings. The Balaban J connectivity index is 2.02. The smallest absolute Gasteiger partial charge is 0.416 e. The van der Waals surface area contributed by atoms with E-state index in [0.717, 1.165) is 18.5 Å². The van der Waals surface area contributed by atoms with Crippen molar-refractivity contribution in [1.82, 2.24) is 10.6 Å². The van der Waals surface area contributed by atoms with Crippen LogP contribution >= 0.6 is 0 Å². The number of carbonyl (C=O) groups excluding carboxylic acids is 3. The van der Waals surface area contributed by atoms with E-state index in [1.807, 2.05) is 0 Å². The number of esters is 1. The molecule has 26 heavy (non-hydrogen) atoms. The van der Waals surface area contributed by atoms with Crippen LogP contribution in [0.25, 0.3) is 0 Å². The summed E-state index contributed by atoms with van der Waals surface area (Å²) >= 11 is 0. The van der Waals surface area contributed by atoms with Gasteiger partial charge in [-0.05, 0) is 18.2 Å². The molecule has 8 nitrogen and oxygen atoms in total. The third-order valence-electron chi connectivity index (χ3n) is 3.36. The van der Waals surface area contributed by atoms with E-state index in [0.29, 0.717) is 6.07 Å². The fraction of sp³-hybridized carbons (Fsp3) is 0.333. The molecule has 0 bridgehead atoms. The molecule has 0 radical (unpaired) electrons. The van der Waals surface area contributed by atoms with Gasteiger partial charge < -0.3 is 21.1 Å². The molecule has 140 valence electrons. The highest BCUT2D eigenvalue weighted by molar-refractivity contribution is 5.97. The first-order chi connectivity index (χ1) is 12.2. The minimum atomic E-state index is -4.68. The van der Waals surface area contributed by atoms with Gasteiger partial charge in [0.25, 0.3) is 5.91 Å². The number of nitrogens with two attached hydrogens (primary N) is 1. The van der Waals surface area contributed by atoms with Crippen molar-refractivity contribution in [3.8, 4) is 0 Å². The monoisotopic (exact) mass is 372 g/mol. The number of halogens is 3. The fourth-order valence-corrected chi connectivity index (χ4v) is 2.21. The predicted octanol–water partition coefficient (Wildman–Crippen LogP) is 0.485. The van der Waals surface area contributed by atoms with Gasteiger partial charge in [0.1, 0.15) is 6.61 Å². The summed E-state index contributed by atoms with van der Waals surface area (Å²) in [6.07, 6.45) is -3.86. The maximum absolute atomic E-state index is 12.9. The Morgan fingerprint density at radius 3 is 2.65 bits per heavy atom. The van der Waals surface area contributed by atoms with E-state index in [9.17, 15) is 27.6 Å². The molecule has 0 aromatic heterocycles. The average Bonchev–Trinajstić information content (AvgIpc) is 2.96. The number of nitrogens with zero attached hydrogens (tertiary/aromatic N) is 1.